The average molecular weight is 285 g/mol. The maximum atomic E-state index is 11.9. The normalized spacial score (nSPS) is 11.4. The van der Waals surface area contributed by atoms with Gasteiger partial charge in [0.15, 0.2) is 5.16 Å². The van der Waals surface area contributed by atoms with Crippen molar-refractivity contribution in [2.45, 2.75) is 44.9 Å². The Kier molecular flexibility index (Phi) is 4.99. The van der Waals surface area contributed by atoms with E-state index in [0.717, 1.165) is 17.5 Å². The smallest absolute Gasteiger partial charge is 0.313 e. The van der Waals surface area contributed by atoms with Crippen LogP contribution in [0.2, 0.25) is 0 Å². The molecule has 0 saturated heterocycles. The standard InChI is InChI=1S/C12H19N3O3S/c1-8-5-13-11(19-7-10(17)18)15(8)6-9(16)14-12(2,3)4/h5H,6-7H2,1-4H3,(H,14,16)(H,17,18). The molecule has 0 saturated carbocycles. The van der Waals surface area contributed by atoms with Crippen molar-refractivity contribution in [2.75, 3.05) is 5.75 Å². The van der Waals surface area contributed by atoms with Crippen LogP contribution in [0.1, 0.15) is 26.5 Å². The summed E-state index contributed by atoms with van der Waals surface area (Å²) in [4.78, 5) is 26.6. The molecule has 0 aliphatic heterocycles. The predicted molar refractivity (Wildman–Crippen MR) is 73.2 cm³/mol. The van der Waals surface area contributed by atoms with Crippen LogP contribution in [0.3, 0.4) is 0 Å². The van der Waals surface area contributed by atoms with Crippen molar-refractivity contribution in [1.29, 1.82) is 0 Å². The van der Waals surface area contributed by atoms with Crippen LogP contribution in [0.25, 0.3) is 0 Å². The molecule has 0 aliphatic rings. The highest BCUT2D eigenvalue weighted by Gasteiger charge is 2.17. The van der Waals surface area contributed by atoms with Crippen molar-refractivity contribution in [3.8, 4) is 0 Å². The van der Waals surface area contributed by atoms with Gasteiger partial charge in [0.05, 0.1) is 5.75 Å². The number of aromatic nitrogens is 2. The predicted octanol–water partition coefficient (Wildman–Crippen LogP) is 1.28. The number of amides is 1. The number of carbonyl (C=O) groups is 2. The van der Waals surface area contributed by atoms with E-state index in [1.54, 1.807) is 10.8 Å². The number of imidazole rings is 1. The SMILES string of the molecule is Cc1cnc(SCC(=O)O)n1CC(=O)NC(C)(C)C. The summed E-state index contributed by atoms with van der Waals surface area (Å²) in [7, 11) is 0. The number of nitrogens with one attached hydrogen (secondary N) is 1. The monoisotopic (exact) mass is 285 g/mol. The van der Waals surface area contributed by atoms with Crippen LogP contribution in [-0.4, -0.2) is 37.8 Å². The first kappa shape index (κ1) is 15.6. The summed E-state index contributed by atoms with van der Waals surface area (Å²) < 4.78 is 1.72. The van der Waals surface area contributed by atoms with Crippen LogP contribution in [0.15, 0.2) is 11.4 Å². The highest BCUT2D eigenvalue weighted by Crippen LogP contribution is 2.18. The van der Waals surface area contributed by atoms with Gasteiger partial charge in [-0.2, -0.15) is 0 Å². The minimum Gasteiger partial charge on any atom is -0.481 e. The topological polar surface area (TPSA) is 84.2 Å². The minimum absolute atomic E-state index is 0.0721. The Balaban J connectivity index is 2.74. The van der Waals surface area contributed by atoms with Crippen molar-refractivity contribution in [2.24, 2.45) is 0 Å². The number of nitrogens with zero attached hydrogens (tertiary/aromatic N) is 2. The van der Waals surface area contributed by atoms with Crippen LogP contribution in [0.4, 0.5) is 0 Å². The molecule has 6 nitrogen and oxygen atoms in total. The van der Waals surface area contributed by atoms with E-state index in [1.807, 2.05) is 27.7 Å². The molecule has 0 fully saturated rings. The summed E-state index contributed by atoms with van der Waals surface area (Å²) in [5.74, 6) is -1.10. The molecule has 0 radical (unpaired) electrons. The molecule has 0 aromatic carbocycles. The van der Waals surface area contributed by atoms with Gasteiger partial charge in [0.1, 0.15) is 6.54 Å². The van der Waals surface area contributed by atoms with Gasteiger partial charge in [-0.05, 0) is 27.7 Å². The average Bonchev–Trinajstić information content (AvgIpc) is 2.55. The van der Waals surface area contributed by atoms with Crippen molar-refractivity contribution in [3.63, 3.8) is 0 Å². The van der Waals surface area contributed by atoms with Gasteiger partial charge >= 0.3 is 5.97 Å². The Morgan fingerprint density at radius 1 is 1.47 bits per heavy atom. The van der Waals surface area contributed by atoms with Crippen molar-refractivity contribution in [3.05, 3.63) is 11.9 Å². The van der Waals surface area contributed by atoms with Gasteiger partial charge in [-0.1, -0.05) is 11.8 Å². The Morgan fingerprint density at radius 3 is 2.63 bits per heavy atom. The third-order valence-electron chi connectivity index (χ3n) is 2.16. The van der Waals surface area contributed by atoms with E-state index in [-0.39, 0.29) is 23.7 Å². The number of rotatable bonds is 5. The number of hydrogen-bond acceptors (Lipinski definition) is 4. The van der Waals surface area contributed by atoms with Gasteiger partial charge in [0.25, 0.3) is 0 Å². The Labute approximate surface area is 116 Å². The van der Waals surface area contributed by atoms with Crippen LogP contribution in [0.5, 0.6) is 0 Å². The summed E-state index contributed by atoms with van der Waals surface area (Å²) in [5, 5.41) is 12.1. The molecule has 1 aromatic heterocycles. The lowest BCUT2D eigenvalue weighted by Gasteiger charge is -2.21. The maximum absolute atomic E-state index is 11.9. The highest BCUT2D eigenvalue weighted by atomic mass is 32.2. The molecule has 7 heteroatoms. The van der Waals surface area contributed by atoms with E-state index < -0.39 is 5.97 Å². The van der Waals surface area contributed by atoms with Crippen LogP contribution in [0, 0.1) is 6.92 Å². The molecule has 0 aliphatic carbocycles. The van der Waals surface area contributed by atoms with E-state index in [0.29, 0.717) is 5.16 Å². The van der Waals surface area contributed by atoms with Gasteiger partial charge in [-0.25, -0.2) is 4.98 Å². The summed E-state index contributed by atoms with van der Waals surface area (Å²) >= 11 is 1.11. The summed E-state index contributed by atoms with van der Waals surface area (Å²) in [6.45, 7) is 7.70. The zero-order valence-electron chi connectivity index (χ0n) is 11.6. The number of aliphatic carboxylic acids is 1. The first-order valence-corrected chi connectivity index (χ1v) is 6.85. The van der Waals surface area contributed by atoms with Gasteiger partial charge < -0.3 is 15.0 Å². The first-order valence-electron chi connectivity index (χ1n) is 5.87. The lowest BCUT2D eigenvalue weighted by molar-refractivity contribution is -0.134. The Morgan fingerprint density at radius 2 is 2.11 bits per heavy atom. The summed E-state index contributed by atoms with van der Waals surface area (Å²) in [6, 6.07) is 0. The number of hydrogen-bond donors (Lipinski definition) is 2. The van der Waals surface area contributed by atoms with E-state index in [2.05, 4.69) is 10.3 Å². The number of carboxylic acids is 1. The fourth-order valence-corrected chi connectivity index (χ4v) is 2.22. The number of carbonyl (C=O) groups excluding carboxylic acids is 1. The highest BCUT2D eigenvalue weighted by molar-refractivity contribution is 7.99. The molecule has 1 amide bonds. The van der Waals surface area contributed by atoms with Crippen molar-refractivity contribution in [1.82, 2.24) is 14.9 Å². The van der Waals surface area contributed by atoms with Crippen molar-refractivity contribution >= 4 is 23.6 Å². The first-order chi connectivity index (χ1) is 8.69. The molecule has 0 bridgehead atoms. The second-order valence-electron chi connectivity index (χ2n) is 5.25. The third kappa shape index (κ3) is 5.34. The van der Waals surface area contributed by atoms with Gasteiger partial charge in [-0.15, -0.1) is 0 Å². The fraction of sp³-hybridized carbons (Fsp3) is 0.583. The number of aryl methyl sites for hydroxylation is 1. The zero-order chi connectivity index (χ0) is 14.6. The van der Waals surface area contributed by atoms with Gasteiger partial charge in [0.2, 0.25) is 5.91 Å². The molecule has 1 aromatic rings. The molecular weight excluding hydrogens is 266 g/mol. The zero-order valence-corrected chi connectivity index (χ0v) is 12.4. The quantitative estimate of drug-likeness (QED) is 0.796. The Hall–Kier alpha value is -1.50. The lowest BCUT2D eigenvalue weighted by Crippen LogP contribution is -2.42. The van der Waals surface area contributed by atoms with Crippen LogP contribution < -0.4 is 5.32 Å². The molecule has 1 heterocycles. The molecule has 0 atom stereocenters. The van der Waals surface area contributed by atoms with Crippen molar-refractivity contribution < 1.29 is 14.7 Å². The van der Waals surface area contributed by atoms with E-state index in [9.17, 15) is 9.59 Å². The maximum Gasteiger partial charge on any atom is 0.313 e. The van der Waals surface area contributed by atoms with E-state index in [1.165, 1.54) is 0 Å². The van der Waals surface area contributed by atoms with Gasteiger partial charge in [0, 0.05) is 17.4 Å². The van der Waals surface area contributed by atoms with Crippen LogP contribution >= 0.6 is 11.8 Å². The third-order valence-corrected chi connectivity index (χ3v) is 3.13. The van der Waals surface area contributed by atoms with Crippen LogP contribution in [-0.2, 0) is 16.1 Å². The minimum atomic E-state index is -0.906. The largest absolute Gasteiger partial charge is 0.481 e. The van der Waals surface area contributed by atoms with E-state index >= 15 is 0 Å². The molecule has 19 heavy (non-hydrogen) atoms. The number of carboxylic acid groups (broad SMARTS) is 1. The molecule has 2 N–H and O–H groups in total. The van der Waals surface area contributed by atoms with E-state index in [4.69, 9.17) is 5.11 Å². The second-order valence-corrected chi connectivity index (χ2v) is 6.19. The Bertz CT molecular complexity index is 477. The summed E-state index contributed by atoms with van der Waals surface area (Å²) in [6.07, 6.45) is 1.63. The second kappa shape index (κ2) is 6.10. The van der Waals surface area contributed by atoms with Gasteiger partial charge in [-0.3, -0.25) is 9.59 Å². The summed E-state index contributed by atoms with van der Waals surface area (Å²) in [5.41, 5.74) is 0.539. The lowest BCUT2D eigenvalue weighted by atomic mass is 10.1. The molecular formula is C12H19N3O3S. The molecule has 106 valence electrons. The number of thioether (sulfide) groups is 1. The fourth-order valence-electron chi connectivity index (χ4n) is 1.47. The molecule has 1 rings (SSSR count). The molecule has 0 spiro atoms. The molecule has 0 unspecified atom stereocenters.